The third-order valence-electron chi connectivity index (χ3n) is 9.18. The number of carbonyl (C=O) groups excluding carboxylic acids is 1. The van der Waals surface area contributed by atoms with Gasteiger partial charge in [0.25, 0.3) is 0 Å². The molecule has 236 valence electrons. The van der Waals surface area contributed by atoms with Crippen molar-refractivity contribution in [2.45, 2.75) is 38.2 Å². The van der Waals surface area contributed by atoms with Crippen LogP contribution in [0.4, 0.5) is 5.69 Å². The molecule has 2 aliphatic rings. The van der Waals surface area contributed by atoms with E-state index in [2.05, 4.69) is 14.8 Å². The normalized spacial score (nSPS) is 20.2. The van der Waals surface area contributed by atoms with Crippen LogP contribution in [0.2, 0.25) is 5.02 Å². The first-order valence-electron chi connectivity index (χ1n) is 15.0. The fraction of sp³-hybridized carbons (Fsp3) is 0.382. The van der Waals surface area contributed by atoms with Gasteiger partial charge in [0, 0.05) is 66.8 Å². The largest absolute Gasteiger partial charge is 0.507 e. The smallest absolute Gasteiger partial charge is 0.312 e. The number of methoxy groups -OCH3 is 1. The minimum absolute atomic E-state index is 0.0466. The van der Waals surface area contributed by atoms with Crippen LogP contribution in [0.1, 0.15) is 37.7 Å². The second-order valence-corrected chi connectivity index (χ2v) is 12.6. The topological polar surface area (TPSA) is 126 Å². The van der Waals surface area contributed by atoms with Crippen molar-refractivity contribution in [3.05, 3.63) is 75.5 Å². The molecule has 0 spiro atoms. The van der Waals surface area contributed by atoms with Crippen LogP contribution in [0.25, 0.3) is 22.3 Å². The number of halogens is 1. The predicted molar refractivity (Wildman–Crippen MR) is 171 cm³/mol. The van der Waals surface area contributed by atoms with E-state index in [1.165, 1.54) is 6.07 Å². The number of phenolic OH excluding ortho intramolecular Hbond substituents is 2. The zero-order valence-corrected chi connectivity index (χ0v) is 26.2. The molecule has 0 amide bonds. The molecule has 2 aromatic heterocycles. The Labute approximate surface area is 265 Å². The second kappa shape index (κ2) is 12.3. The molecule has 2 aliphatic heterocycles. The molecular formula is C34H36ClN3O7. The molecule has 0 unspecified atom stereocenters. The number of aromatic hydroxyl groups is 2. The van der Waals surface area contributed by atoms with Crippen molar-refractivity contribution < 1.29 is 28.9 Å². The Morgan fingerprint density at radius 2 is 1.84 bits per heavy atom. The molecule has 4 aromatic rings. The van der Waals surface area contributed by atoms with E-state index in [-0.39, 0.29) is 28.4 Å². The molecule has 6 rings (SSSR count). The number of benzene rings is 2. The van der Waals surface area contributed by atoms with E-state index < -0.39 is 28.6 Å². The fourth-order valence-corrected chi connectivity index (χ4v) is 6.67. The van der Waals surface area contributed by atoms with Crippen LogP contribution >= 0.6 is 11.6 Å². The molecule has 2 saturated heterocycles. The summed E-state index contributed by atoms with van der Waals surface area (Å²) in [5.74, 6) is -0.684. The van der Waals surface area contributed by atoms with Gasteiger partial charge in [-0.05, 0) is 58.0 Å². The highest BCUT2D eigenvalue weighted by molar-refractivity contribution is 6.33. The van der Waals surface area contributed by atoms with Crippen molar-refractivity contribution in [3.8, 4) is 28.7 Å². The molecule has 0 radical (unpaired) electrons. The summed E-state index contributed by atoms with van der Waals surface area (Å²) in [6.45, 7) is 4.34. The molecule has 45 heavy (non-hydrogen) atoms. The van der Waals surface area contributed by atoms with E-state index in [0.29, 0.717) is 67.5 Å². The number of anilines is 1. The number of phenols is 2. The number of likely N-dealkylation sites (N-methyl/N-ethyl adjacent to an activating group) is 1. The maximum absolute atomic E-state index is 13.9. The number of esters is 1. The van der Waals surface area contributed by atoms with Gasteiger partial charge in [0.1, 0.15) is 34.3 Å². The maximum atomic E-state index is 13.9. The number of likely N-dealkylation sites (tertiary alicyclic amines) is 1. The van der Waals surface area contributed by atoms with Crippen molar-refractivity contribution >= 4 is 34.2 Å². The minimum atomic E-state index is -0.711. The summed E-state index contributed by atoms with van der Waals surface area (Å²) in [6.07, 6.45) is 2.78. The highest BCUT2D eigenvalue weighted by atomic mass is 35.5. The van der Waals surface area contributed by atoms with Crippen LogP contribution in [0.15, 0.2) is 63.9 Å². The summed E-state index contributed by atoms with van der Waals surface area (Å²) in [7, 11) is 3.53. The van der Waals surface area contributed by atoms with Crippen molar-refractivity contribution in [2.75, 3.05) is 45.2 Å². The first-order valence-corrected chi connectivity index (χ1v) is 15.4. The van der Waals surface area contributed by atoms with Gasteiger partial charge in [-0.2, -0.15) is 0 Å². The molecule has 4 heterocycles. The predicted octanol–water partition coefficient (Wildman–Crippen LogP) is 5.57. The van der Waals surface area contributed by atoms with E-state index in [0.717, 1.165) is 11.8 Å². The first kappa shape index (κ1) is 30.7. The molecule has 2 atom stereocenters. The number of hydrogen-bond donors (Lipinski definition) is 2. The molecule has 11 heteroatoms. The first-order chi connectivity index (χ1) is 21.6. The van der Waals surface area contributed by atoms with Gasteiger partial charge in [0.15, 0.2) is 5.43 Å². The van der Waals surface area contributed by atoms with Crippen LogP contribution in [-0.2, 0) is 9.53 Å². The van der Waals surface area contributed by atoms with Gasteiger partial charge in [-0.3, -0.25) is 9.59 Å². The molecule has 2 fully saturated rings. The number of fused-ring (bicyclic) bond motifs is 1. The number of hydrogen-bond acceptors (Lipinski definition) is 10. The summed E-state index contributed by atoms with van der Waals surface area (Å²) < 4.78 is 17.8. The average molecular weight is 634 g/mol. The number of carbonyl (C=O) groups is 1. The molecule has 2 aromatic carbocycles. The summed E-state index contributed by atoms with van der Waals surface area (Å²) in [5.41, 5.74) is 0.680. The lowest BCUT2D eigenvalue weighted by Crippen LogP contribution is -2.48. The third kappa shape index (κ3) is 5.92. The lowest BCUT2D eigenvalue weighted by molar-refractivity contribution is -0.165. The lowest BCUT2D eigenvalue weighted by atomic mass is 9.79. The van der Waals surface area contributed by atoms with Crippen molar-refractivity contribution in [1.29, 1.82) is 0 Å². The number of aromatic nitrogens is 1. The van der Waals surface area contributed by atoms with Gasteiger partial charge in [0.05, 0.1) is 17.5 Å². The summed E-state index contributed by atoms with van der Waals surface area (Å²) >= 11 is 6.42. The highest BCUT2D eigenvalue weighted by Crippen LogP contribution is 2.45. The van der Waals surface area contributed by atoms with Gasteiger partial charge in [-0.1, -0.05) is 23.7 Å². The molecule has 0 aliphatic carbocycles. The van der Waals surface area contributed by atoms with Crippen LogP contribution in [-0.4, -0.2) is 72.5 Å². The fourth-order valence-electron chi connectivity index (χ4n) is 6.44. The van der Waals surface area contributed by atoms with E-state index >= 15 is 0 Å². The third-order valence-corrected chi connectivity index (χ3v) is 9.51. The minimum Gasteiger partial charge on any atom is -0.507 e. The summed E-state index contributed by atoms with van der Waals surface area (Å²) in [6, 6.07) is 13.2. The van der Waals surface area contributed by atoms with Crippen LogP contribution in [0.3, 0.4) is 0 Å². The highest BCUT2D eigenvalue weighted by Gasteiger charge is 2.43. The van der Waals surface area contributed by atoms with Gasteiger partial charge in [-0.25, -0.2) is 4.98 Å². The Bertz CT molecular complexity index is 1800. The Kier molecular flexibility index (Phi) is 8.37. The van der Waals surface area contributed by atoms with Gasteiger partial charge < -0.3 is 33.9 Å². The number of nitrogens with zero attached hydrogens (tertiary/aromatic N) is 3. The zero-order chi connectivity index (χ0) is 31.9. The van der Waals surface area contributed by atoms with Crippen LogP contribution in [0.5, 0.6) is 17.4 Å². The molecular weight excluding hydrogens is 598 g/mol. The van der Waals surface area contributed by atoms with Crippen molar-refractivity contribution in [2.24, 2.45) is 5.41 Å². The summed E-state index contributed by atoms with van der Waals surface area (Å²) in [4.78, 5) is 35.6. The summed E-state index contributed by atoms with van der Waals surface area (Å²) in [5, 5.41) is 22.3. The number of pyridine rings is 1. The Hall–Kier alpha value is -4.28. The standard InChI is InChI=1S/C34H36ClN3O7/c1-34(10-14-38(15-11-34)20-8-12-36-29(16-20)43-3)33(42)45-28-19-37(2)13-9-22(28)30-24(39)17-25(40)31-26(41)18-27(44-32(30)31)21-6-4-5-7-23(21)35/h4-8,12,16-18,22,28,39-40H,9-11,13-15,19H2,1-3H3/t22-,28+/m0/s1. The van der Waals surface area contributed by atoms with Gasteiger partial charge in [-0.15, -0.1) is 0 Å². The van der Waals surface area contributed by atoms with Crippen LogP contribution in [0, 0.1) is 5.41 Å². The van der Waals surface area contributed by atoms with Crippen molar-refractivity contribution in [3.63, 3.8) is 0 Å². The van der Waals surface area contributed by atoms with E-state index in [9.17, 15) is 19.8 Å². The van der Waals surface area contributed by atoms with E-state index in [1.54, 1.807) is 37.6 Å². The van der Waals surface area contributed by atoms with E-state index in [4.69, 9.17) is 25.5 Å². The molecule has 2 N–H and O–H groups in total. The monoisotopic (exact) mass is 633 g/mol. The van der Waals surface area contributed by atoms with Gasteiger partial charge in [0.2, 0.25) is 5.88 Å². The molecule has 10 nitrogen and oxygen atoms in total. The Morgan fingerprint density at radius 1 is 1.09 bits per heavy atom. The van der Waals surface area contributed by atoms with E-state index in [1.807, 2.05) is 26.1 Å². The SMILES string of the molecule is COc1cc(N2CCC(C)(C(=O)O[C@@H]3CN(C)CC[C@@H]3c3c(O)cc(O)c4c(=O)cc(-c5ccccc5Cl)oc34)CC2)ccn1. The Balaban J connectivity index is 1.31. The average Bonchev–Trinajstić information content (AvgIpc) is 3.02. The van der Waals surface area contributed by atoms with Gasteiger partial charge >= 0.3 is 5.97 Å². The number of rotatable bonds is 6. The molecule has 0 bridgehead atoms. The maximum Gasteiger partial charge on any atom is 0.312 e. The zero-order valence-electron chi connectivity index (χ0n) is 25.5. The molecule has 0 saturated carbocycles. The number of ether oxygens (including phenoxy) is 2. The lowest BCUT2D eigenvalue weighted by Gasteiger charge is -2.42. The van der Waals surface area contributed by atoms with Crippen LogP contribution < -0.4 is 15.1 Å². The quantitative estimate of drug-likeness (QED) is 0.260. The Morgan fingerprint density at radius 3 is 2.58 bits per heavy atom. The second-order valence-electron chi connectivity index (χ2n) is 12.2. The number of piperidine rings is 2. The van der Waals surface area contributed by atoms with Crippen molar-refractivity contribution in [1.82, 2.24) is 9.88 Å².